The van der Waals surface area contributed by atoms with E-state index in [1.807, 2.05) is 0 Å². The molecule has 2 atom stereocenters. The smallest absolute Gasteiger partial charge is 0.239 e. The van der Waals surface area contributed by atoms with Crippen molar-refractivity contribution in [2.45, 2.75) is 19.4 Å². The molecule has 1 aliphatic rings. The van der Waals surface area contributed by atoms with Crippen LogP contribution in [0, 0.1) is 17.2 Å². The van der Waals surface area contributed by atoms with Crippen LogP contribution in [0.15, 0.2) is 0 Å². The minimum absolute atomic E-state index is 0.00713. The molecule has 1 unspecified atom stereocenters. The molecule has 0 aliphatic carbocycles. The van der Waals surface area contributed by atoms with Gasteiger partial charge in [0.25, 0.3) is 0 Å². The lowest BCUT2D eigenvalue weighted by Crippen LogP contribution is -2.40. The lowest BCUT2D eigenvalue weighted by Gasteiger charge is -2.17. The molecular weight excluding hydrogens is 154 g/mol. The molecule has 0 radical (unpaired) electrons. The van der Waals surface area contributed by atoms with E-state index >= 15 is 0 Å². The van der Waals surface area contributed by atoms with Gasteiger partial charge in [-0.2, -0.15) is 5.26 Å². The third kappa shape index (κ3) is 1.74. The van der Waals surface area contributed by atoms with E-state index in [1.165, 1.54) is 0 Å². The van der Waals surface area contributed by atoms with Crippen LogP contribution in [0.1, 0.15) is 13.3 Å². The molecular formula is C8H13N3O. The number of carbonyl (C=O) groups is 1. The Balaban J connectivity index is 2.48. The van der Waals surface area contributed by atoms with Crippen LogP contribution in [0.3, 0.4) is 0 Å². The second-order valence-corrected chi connectivity index (χ2v) is 3.19. The Bertz CT molecular complexity index is 219. The van der Waals surface area contributed by atoms with Crippen molar-refractivity contribution in [1.82, 2.24) is 4.90 Å². The van der Waals surface area contributed by atoms with Gasteiger partial charge in [0.2, 0.25) is 5.91 Å². The highest BCUT2D eigenvalue weighted by Gasteiger charge is 2.27. The molecule has 1 aliphatic heterocycles. The van der Waals surface area contributed by atoms with Gasteiger partial charge in [-0.15, -0.1) is 0 Å². The standard InChI is InChI=1S/C8H13N3O/c1-6(10)8(12)11-3-2-7(4-9)5-11/h6-7H,2-3,5,10H2,1H3/t6-,7?/m1/s1. The molecule has 0 aromatic heterocycles. The summed E-state index contributed by atoms with van der Waals surface area (Å²) in [5.41, 5.74) is 5.43. The van der Waals surface area contributed by atoms with E-state index < -0.39 is 6.04 Å². The Hall–Kier alpha value is -1.08. The summed E-state index contributed by atoms with van der Waals surface area (Å²) < 4.78 is 0. The molecule has 0 spiro atoms. The Morgan fingerprint density at radius 3 is 2.92 bits per heavy atom. The van der Waals surface area contributed by atoms with Gasteiger partial charge in [0, 0.05) is 13.1 Å². The molecule has 0 aromatic rings. The number of nitrogens with two attached hydrogens (primary N) is 1. The number of amides is 1. The Morgan fingerprint density at radius 2 is 2.50 bits per heavy atom. The SMILES string of the molecule is C[C@@H](N)C(=O)N1CCC(C#N)C1. The van der Waals surface area contributed by atoms with Gasteiger partial charge in [-0.05, 0) is 13.3 Å². The van der Waals surface area contributed by atoms with Crippen LogP contribution in [0.5, 0.6) is 0 Å². The number of carbonyl (C=O) groups excluding carboxylic acids is 1. The largest absolute Gasteiger partial charge is 0.340 e. The minimum atomic E-state index is -0.442. The molecule has 4 nitrogen and oxygen atoms in total. The van der Waals surface area contributed by atoms with E-state index in [4.69, 9.17) is 11.0 Å². The summed E-state index contributed by atoms with van der Waals surface area (Å²) in [7, 11) is 0. The van der Waals surface area contributed by atoms with Crippen LogP contribution < -0.4 is 5.73 Å². The number of likely N-dealkylation sites (tertiary alicyclic amines) is 1. The fourth-order valence-electron chi connectivity index (χ4n) is 1.35. The van der Waals surface area contributed by atoms with E-state index in [0.29, 0.717) is 13.1 Å². The van der Waals surface area contributed by atoms with Gasteiger partial charge >= 0.3 is 0 Å². The van der Waals surface area contributed by atoms with Crippen molar-refractivity contribution >= 4 is 5.91 Å². The first kappa shape index (κ1) is 9.01. The quantitative estimate of drug-likeness (QED) is 0.583. The molecule has 1 amide bonds. The van der Waals surface area contributed by atoms with Gasteiger partial charge in [-0.25, -0.2) is 0 Å². The maximum Gasteiger partial charge on any atom is 0.239 e. The van der Waals surface area contributed by atoms with Crippen molar-refractivity contribution in [3.8, 4) is 6.07 Å². The summed E-state index contributed by atoms with van der Waals surface area (Å²) >= 11 is 0. The fourth-order valence-corrected chi connectivity index (χ4v) is 1.35. The van der Waals surface area contributed by atoms with Crippen molar-refractivity contribution in [3.63, 3.8) is 0 Å². The lowest BCUT2D eigenvalue weighted by atomic mass is 10.1. The molecule has 12 heavy (non-hydrogen) atoms. The lowest BCUT2D eigenvalue weighted by molar-refractivity contribution is -0.131. The third-order valence-electron chi connectivity index (χ3n) is 2.07. The monoisotopic (exact) mass is 167 g/mol. The first-order valence-electron chi connectivity index (χ1n) is 4.09. The molecule has 2 N–H and O–H groups in total. The van der Waals surface area contributed by atoms with Gasteiger partial charge in [-0.1, -0.05) is 0 Å². The van der Waals surface area contributed by atoms with Crippen molar-refractivity contribution in [3.05, 3.63) is 0 Å². The normalized spacial score (nSPS) is 25.1. The maximum atomic E-state index is 11.3. The molecule has 4 heteroatoms. The zero-order chi connectivity index (χ0) is 9.14. The molecule has 0 saturated carbocycles. The zero-order valence-electron chi connectivity index (χ0n) is 7.16. The third-order valence-corrected chi connectivity index (χ3v) is 2.07. The molecule has 0 bridgehead atoms. The highest BCUT2D eigenvalue weighted by atomic mass is 16.2. The Kier molecular flexibility index (Phi) is 2.66. The van der Waals surface area contributed by atoms with Crippen molar-refractivity contribution in [2.24, 2.45) is 11.7 Å². The van der Waals surface area contributed by atoms with E-state index in [1.54, 1.807) is 11.8 Å². The van der Waals surface area contributed by atoms with Crippen molar-refractivity contribution < 1.29 is 4.79 Å². The molecule has 0 aromatic carbocycles. The summed E-state index contributed by atoms with van der Waals surface area (Å²) in [6, 6.07) is 1.71. The number of nitrogens with zero attached hydrogens (tertiary/aromatic N) is 2. The Morgan fingerprint density at radius 1 is 1.83 bits per heavy atom. The van der Waals surface area contributed by atoms with E-state index in [0.717, 1.165) is 6.42 Å². The molecule has 1 fully saturated rings. The van der Waals surface area contributed by atoms with Crippen LogP contribution in [0.25, 0.3) is 0 Å². The second kappa shape index (κ2) is 3.55. The first-order chi connectivity index (χ1) is 5.65. The van der Waals surface area contributed by atoms with Crippen LogP contribution in [0.4, 0.5) is 0 Å². The molecule has 1 saturated heterocycles. The van der Waals surface area contributed by atoms with E-state index in [-0.39, 0.29) is 11.8 Å². The molecule has 66 valence electrons. The summed E-state index contributed by atoms with van der Waals surface area (Å²) in [6.07, 6.45) is 0.787. The summed E-state index contributed by atoms with van der Waals surface area (Å²) in [5, 5.41) is 8.58. The van der Waals surface area contributed by atoms with Crippen molar-refractivity contribution in [2.75, 3.05) is 13.1 Å². The van der Waals surface area contributed by atoms with Crippen LogP contribution in [0.2, 0.25) is 0 Å². The van der Waals surface area contributed by atoms with Gasteiger partial charge in [0.05, 0.1) is 18.0 Å². The summed E-state index contributed by atoms with van der Waals surface area (Å²) in [5.74, 6) is -0.0413. The van der Waals surface area contributed by atoms with Crippen LogP contribution >= 0.6 is 0 Å². The van der Waals surface area contributed by atoms with E-state index in [9.17, 15) is 4.79 Å². The van der Waals surface area contributed by atoms with E-state index in [2.05, 4.69) is 6.07 Å². The van der Waals surface area contributed by atoms with Crippen molar-refractivity contribution in [1.29, 1.82) is 5.26 Å². The highest BCUT2D eigenvalue weighted by molar-refractivity contribution is 5.81. The molecule has 1 heterocycles. The first-order valence-corrected chi connectivity index (χ1v) is 4.09. The predicted octanol–water partition coefficient (Wildman–Crippen LogP) is -0.294. The number of rotatable bonds is 1. The average molecular weight is 167 g/mol. The molecule has 1 rings (SSSR count). The predicted molar refractivity (Wildman–Crippen MR) is 43.9 cm³/mol. The average Bonchev–Trinajstić information content (AvgIpc) is 2.50. The summed E-state index contributed by atoms with van der Waals surface area (Å²) in [4.78, 5) is 13.0. The maximum absolute atomic E-state index is 11.3. The second-order valence-electron chi connectivity index (χ2n) is 3.19. The van der Waals surface area contributed by atoms with Crippen LogP contribution in [-0.4, -0.2) is 29.9 Å². The minimum Gasteiger partial charge on any atom is -0.340 e. The van der Waals surface area contributed by atoms with Gasteiger partial charge in [0.15, 0.2) is 0 Å². The number of hydrogen-bond acceptors (Lipinski definition) is 3. The zero-order valence-corrected chi connectivity index (χ0v) is 7.16. The van der Waals surface area contributed by atoms with Gasteiger partial charge < -0.3 is 10.6 Å². The fraction of sp³-hybridized carbons (Fsp3) is 0.750. The van der Waals surface area contributed by atoms with Crippen LogP contribution in [-0.2, 0) is 4.79 Å². The number of nitriles is 1. The highest BCUT2D eigenvalue weighted by Crippen LogP contribution is 2.15. The summed E-state index contributed by atoms with van der Waals surface area (Å²) in [6.45, 7) is 2.90. The van der Waals surface area contributed by atoms with Gasteiger partial charge in [0.1, 0.15) is 0 Å². The topological polar surface area (TPSA) is 70.1 Å². The van der Waals surface area contributed by atoms with Gasteiger partial charge in [-0.3, -0.25) is 4.79 Å². The Labute approximate surface area is 71.9 Å². The number of hydrogen-bond donors (Lipinski definition) is 1.